The molecule has 1 aliphatic heterocycles. The molecule has 1 aromatic rings. The summed E-state index contributed by atoms with van der Waals surface area (Å²) in [5, 5.41) is 12.2. The fourth-order valence-corrected chi connectivity index (χ4v) is 2.45. The van der Waals surface area contributed by atoms with Gasteiger partial charge in [0.2, 0.25) is 0 Å². The van der Waals surface area contributed by atoms with Crippen molar-refractivity contribution in [2.24, 2.45) is 5.92 Å². The highest BCUT2D eigenvalue weighted by atomic mass is 15.1. The minimum atomic E-state index is 0.443. The standard InChI is InChI=1S/C14H21N5/c1-11(10-19-6-2-3-7-19)9-18-14-13(16)12(8-15)4-5-17-14/h4-5,11H,2-3,6-7,9-10,16H2,1H3,(H,17,18). The van der Waals surface area contributed by atoms with Gasteiger partial charge in [-0.25, -0.2) is 4.98 Å². The van der Waals surface area contributed by atoms with Crippen LogP contribution in [0, 0.1) is 17.2 Å². The Hall–Kier alpha value is -1.80. The number of hydrogen-bond donors (Lipinski definition) is 2. The highest BCUT2D eigenvalue weighted by molar-refractivity contribution is 5.68. The van der Waals surface area contributed by atoms with Gasteiger partial charge in [-0.2, -0.15) is 5.26 Å². The molecule has 0 aromatic carbocycles. The van der Waals surface area contributed by atoms with Crippen molar-refractivity contribution in [3.63, 3.8) is 0 Å². The summed E-state index contributed by atoms with van der Waals surface area (Å²) < 4.78 is 0. The van der Waals surface area contributed by atoms with E-state index < -0.39 is 0 Å². The zero-order valence-electron chi connectivity index (χ0n) is 11.4. The smallest absolute Gasteiger partial charge is 0.150 e. The lowest BCUT2D eigenvalue weighted by atomic mass is 10.1. The van der Waals surface area contributed by atoms with Gasteiger partial charge in [0.15, 0.2) is 5.82 Å². The largest absolute Gasteiger partial charge is 0.395 e. The molecule has 2 heterocycles. The second-order valence-electron chi connectivity index (χ2n) is 5.23. The number of rotatable bonds is 5. The first-order valence-electron chi connectivity index (χ1n) is 6.81. The molecule has 2 rings (SSSR count). The lowest BCUT2D eigenvalue weighted by Crippen LogP contribution is -2.29. The number of anilines is 2. The molecular formula is C14H21N5. The molecule has 0 saturated carbocycles. The molecule has 5 heteroatoms. The lowest BCUT2D eigenvalue weighted by molar-refractivity contribution is 0.294. The van der Waals surface area contributed by atoms with E-state index in [4.69, 9.17) is 11.0 Å². The Kier molecular flexibility index (Phi) is 4.58. The first kappa shape index (κ1) is 13.6. The monoisotopic (exact) mass is 259 g/mol. The van der Waals surface area contributed by atoms with Crippen LogP contribution in [-0.2, 0) is 0 Å². The molecule has 0 bridgehead atoms. The van der Waals surface area contributed by atoms with Crippen LogP contribution < -0.4 is 11.1 Å². The van der Waals surface area contributed by atoms with Crippen molar-refractivity contribution in [2.45, 2.75) is 19.8 Å². The molecule has 1 saturated heterocycles. The SMILES string of the molecule is CC(CNc1nccc(C#N)c1N)CN1CCCC1. The molecule has 102 valence electrons. The predicted octanol–water partition coefficient (Wildman–Crippen LogP) is 1.68. The third-order valence-corrected chi connectivity index (χ3v) is 3.50. The Labute approximate surface area is 114 Å². The van der Waals surface area contributed by atoms with E-state index in [1.807, 2.05) is 0 Å². The maximum Gasteiger partial charge on any atom is 0.150 e. The zero-order chi connectivity index (χ0) is 13.7. The van der Waals surface area contributed by atoms with Crippen molar-refractivity contribution < 1.29 is 0 Å². The van der Waals surface area contributed by atoms with Gasteiger partial charge >= 0.3 is 0 Å². The van der Waals surface area contributed by atoms with Crippen molar-refractivity contribution >= 4 is 11.5 Å². The normalized spacial score (nSPS) is 17.1. The van der Waals surface area contributed by atoms with Crippen molar-refractivity contribution in [3.05, 3.63) is 17.8 Å². The Morgan fingerprint density at radius 3 is 2.95 bits per heavy atom. The van der Waals surface area contributed by atoms with E-state index >= 15 is 0 Å². The zero-order valence-corrected chi connectivity index (χ0v) is 11.4. The van der Waals surface area contributed by atoms with E-state index in [-0.39, 0.29) is 0 Å². The summed E-state index contributed by atoms with van der Waals surface area (Å²) in [7, 11) is 0. The second kappa shape index (κ2) is 6.39. The average Bonchev–Trinajstić information content (AvgIpc) is 2.90. The predicted molar refractivity (Wildman–Crippen MR) is 76.7 cm³/mol. The van der Waals surface area contributed by atoms with Crippen LogP contribution in [0.4, 0.5) is 11.5 Å². The van der Waals surface area contributed by atoms with Gasteiger partial charge in [-0.05, 0) is 37.9 Å². The van der Waals surface area contributed by atoms with Gasteiger partial charge < -0.3 is 16.0 Å². The molecule has 0 spiro atoms. The van der Waals surface area contributed by atoms with Gasteiger partial charge in [0, 0.05) is 19.3 Å². The van der Waals surface area contributed by atoms with E-state index in [0.29, 0.717) is 23.0 Å². The van der Waals surface area contributed by atoms with Crippen molar-refractivity contribution in [3.8, 4) is 6.07 Å². The van der Waals surface area contributed by atoms with Crippen LogP contribution in [0.2, 0.25) is 0 Å². The van der Waals surface area contributed by atoms with Gasteiger partial charge in [0.25, 0.3) is 0 Å². The number of nitrogens with two attached hydrogens (primary N) is 1. The van der Waals surface area contributed by atoms with E-state index in [1.54, 1.807) is 12.3 Å². The highest BCUT2D eigenvalue weighted by Gasteiger charge is 2.15. The van der Waals surface area contributed by atoms with Crippen LogP contribution in [0.25, 0.3) is 0 Å². The van der Waals surface area contributed by atoms with E-state index in [9.17, 15) is 0 Å². The molecule has 3 N–H and O–H groups in total. The maximum absolute atomic E-state index is 8.92. The molecule has 0 amide bonds. The number of pyridine rings is 1. The Bertz CT molecular complexity index is 459. The molecule has 0 aliphatic carbocycles. The Morgan fingerprint density at radius 1 is 1.53 bits per heavy atom. The fourth-order valence-electron chi connectivity index (χ4n) is 2.45. The van der Waals surface area contributed by atoms with Crippen LogP contribution in [0.1, 0.15) is 25.3 Å². The van der Waals surface area contributed by atoms with Gasteiger partial charge in [0.05, 0.1) is 11.3 Å². The number of aromatic nitrogens is 1. The van der Waals surface area contributed by atoms with E-state index in [1.165, 1.54) is 25.9 Å². The van der Waals surface area contributed by atoms with Crippen molar-refractivity contribution in [1.29, 1.82) is 5.26 Å². The number of nitriles is 1. The highest BCUT2D eigenvalue weighted by Crippen LogP contribution is 2.19. The molecule has 1 aliphatic rings. The first-order chi connectivity index (χ1) is 9.20. The number of nitrogens with zero attached hydrogens (tertiary/aromatic N) is 3. The summed E-state index contributed by atoms with van der Waals surface area (Å²) in [4.78, 5) is 6.68. The number of likely N-dealkylation sites (tertiary alicyclic amines) is 1. The lowest BCUT2D eigenvalue weighted by Gasteiger charge is -2.21. The molecule has 19 heavy (non-hydrogen) atoms. The van der Waals surface area contributed by atoms with Crippen molar-refractivity contribution in [2.75, 3.05) is 37.2 Å². The molecule has 1 aromatic heterocycles. The van der Waals surface area contributed by atoms with E-state index in [2.05, 4.69) is 28.2 Å². The minimum absolute atomic E-state index is 0.443. The number of nitrogens with one attached hydrogen (secondary N) is 1. The molecular weight excluding hydrogens is 238 g/mol. The quantitative estimate of drug-likeness (QED) is 0.841. The van der Waals surface area contributed by atoms with Crippen LogP contribution >= 0.6 is 0 Å². The second-order valence-corrected chi connectivity index (χ2v) is 5.23. The Balaban J connectivity index is 1.86. The third kappa shape index (κ3) is 3.58. The summed E-state index contributed by atoms with van der Waals surface area (Å²) >= 11 is 0. The number of hydrogen-bond acceptors (Lipinski definition) is 5. The van der Waals surface area contributed by atoms with Gasteiger partial charge in [0.1, 0.15) is 6.07 Å². The first-order valence-corrected chi connectivity index (χ1v) is 6.81. The summed E-state index contributed by atoms with van der Waals surface area (Å²) in [5.74, 6) is 1.15. The molecule has 0 radical (unpaired) electrons. The summed E-state index contributed by atoms with van der Waals surface area (Å²) in [6, 6.07) is 3.70. The molecule has 1 atom stereocenters. The summed E-state index contributed by atoms with van der Waals surface area (Å²) in [6.07, 6.45) is 4.25. The third-order valence-electron chi connectivity index (χ3n) is 3.50. The van der Waals surface area contributed by atoms with Crippen LogP contribution in [-0.4, -0.2) is 36.1 Å². The van der Waals surface area contributed by atoms with Gasteiger partial charge in [-0.3, -0.25) is 0 Å². The summed E-state index contributed by atoms with van der Waals surface area (Å²) in [6.45, 7) is 6.58. The molecule has 1 unspecified atom stereocenters. The van der Waals surface area contributed by atoms with Crippen LogP contribution in [0.15, 0.2) is 12.3 Å². The number of nitrogen functional groups attached to an aromatic ring is 1. The van der Waals surface area contributed by atoms with Crippen LogP contribution in [0.3, 0.4) is 0 Å². The summed E-state index contributed by atoms with van der Waals surface area (Å²) in [5.41, 5.74) is 6.81. The molecule has 1 fully saturated rings. The van der Waals surface area contributed by atoms with Crippen molar-refractivity contribution in [1.82, 2.24) is 9.88 Å². The van der Waals surface area contributed by atoms with E-state index in [0.717, 1.165) is 13.1 Å². The van der Waals surface area contributed by atoms with Crippen LogP contribution in [0.5, 0.6) is 0 Å². The van der Waals surface area contributed by atoms with Gasteiger partial charge in [-0.1, -0.05) is 6.92 Å². The maximum atomic E-state index is 8.92. The minimum Gasteiger partial charge on any atom is -0.395 e. The average molecular weight is 259 g/mol. The Morgan fingerprint density at radius 2 is 2.26 bits per heavy atom. The topological polar surface area (TPSA) is 78.0 Å². The van der Waals surface area contributed by atoms with Gasteiger partial charge in [-0.15, -0.1) is 0 Å². The fraction of sp³-hybridized carbons (Fsp3) is 0.571. The molecule has 5 nitrogen and oxygen atoms in total.